The summed E-state index contributed by atoms with van der Waals surface area (Å²) in [7, 11) is 0. The Hall–Kier alpha value is -4.17. The Labute approximate surface area is 212 Å². The molecule has 4 aromatic rings. The molecule has 1 aliphatic rings. The Morgan fingerprint density at radius 1 is 1.17 bits per heavy atom. The van der Waals surface area contributed by atoms with Gasteiger partial charge in [-0.2, -0.15) is 9.83 Å². The van der Waals surface area contributed by atoms with Crippen molar-refractivity contribution in [3.05, 3.63) is 101 Å². The van der Waals surface area contributed by atoms with E-state index < -0.39 is 11.9 Å². The Kier molecular flexibility index (Phi) is 6.43. The quantitative estimate of drug-likeness (QED) is 0.259. The first kappa shape index (κ1) is 23.6. The molecule has 0 bridgehead atoms. The molecule has 1 amide bonds. The lowest BCUT2D eigenvalue weighted by molar-refractivity contribution is -0.614. The fraction of sp³-hybridized carbons (Fsp3) is 0.185. The molecule has 182 valence electrons. The van der Waals surface area contributed by atoms with E-state index in [0.717, 1.165) is 28.8 Å². The lowest BCUT2D eigenvalue weighted by atomic mass is 9.95. The second-order valence-corrected chi connectivity index (χ2v) is 9.32. The molecular formula is C27H23ClN4O4. The van der Waals surface area contributed by atoms with Crippen LogP contribution in [0.4, 0.5) is 5.69 Å². The van der Waals surface area contributed by atoms with Gasteiger partial charge in [0.05, 0.1) is 11.3 Å². The van der Waals surface area contributed by atoms with E-state index >= 15 is 0 Å². The third-order valence-corrected chi connectivity index (χ3v) is 6.54. The minimum atomic E-state index is -1.04. The molecule has 0 saturated heterocycles. The summed E-state index contributed by atoms with van der Waals surface area (Å²) in [6.45, 7) is 0. The predicted octanol–water partition coefficient (Wildman–Crippen LogP) is 5.05. The van der Waals surface area contributed by atoms with Gasteiger partial charge in [0.25, 0.3) is 0 Å². The second-order valence-electron chi connectivity index (χ2n) is 8.88. The standard InChI is InChI=1S/C27H23ClN4O4/c28-20-7-11-24(31-13-1-12-29-31)22(15-20)19-6-10-25(32(36)16-19)23(14-17-2-3-17)26(33)30-21-8-4-18(5-9-21)27(34)35/h1,4-13,15-17,23H,2-3,14H2,(H,30,33)(H,34,35). The molecule has 1 unspecified atom stereocenters. The van der Waals surface area contributed by atoms with Crippen LogP contribution < -0.4 is 10.0 Å². The van der Waals surface area contributed by atoms with E-state index in [2.05, 4.69) is 10.4 Å². The van der Waals surface area contributed by atoms with E-state index in [1.807, 2.05) is 24.4 Å². The number of rotatable bonds is 8. The molecule has 8 nitrogen and oxygen atoms in total. The van der Waals surface area contributed by atoms with Crippen LogP contribution in [0.1, 0.15) is 41.2 Å². The molecule has 0 spiro atoms. The van der Waals surface area contributed by atoms with E-state index in [1.54, 1.807) is 41.2 Å². The van der Waals surface area contributed by atoms with Gasteiger partial charge < -0.3 is 15.6 Å². The first-order chi connectivity index (χ1) is 17.4. The highest BCUT2D eigenvalue weighted by Crippen LogP contribution is 2.39. The fourth-order valence-corrected chi connectivity index (χ4v) is 4.42. The smallest absolute Gasteiger partial charge is 0.335 e. The number of amides is 1. The normalized spacial score (nSPS) is 13.8. The lowest BCUT2D eigenvalue weighted by Crippen LogP contribution is -2.37. The van der Waals surface area contributed by atoms with Crippen LogP contribution >= 0.6 is 11.6 Å². The number of aromatic nitrogens is 3. The van der Waals surface area contributed by atoms with Crippen LogP contribution in [0.5, 0.6) is 0 Å². The number of carbonyl (C=O) groups excluding carboxylic acids is 1. The third kappa shape index (κ3) is 5.08. The van der Waals surface area contributed by atoms with Crippen LogP contribution in [-0.2, 0) is 4.79 Å². The third-order valence-electron chi connectivity index (χ3n) is 6.30. The lowest BCUT2D eigenvalue weighted by Gasteiger charge is -2.17. The van der Waals surface area contributed by atoms with E-state index in [9.17, 15) is 14.8 Å². The number of carbonyl (C=O) groups is 2. The number of nitrogens with one attached hydrogen (secondary N) is 1. The molecule has 2 heterocycles. The van der Waals surface area contributed by atoms with Crippen molar-refractivity contribution in [2.24, 2.45) is 5.92 Å². The molecule has 1 atom stereocenters. The molecule has 9 heteroatoms. The number of benzene rings is 2. The molecular weight excluding hydrogens is 480 g/mol. The van der Waals surface area contributed by atoms with Gasteiger partial charge in [0.15, 0.2) is 6.20 Å². The summed E-state index contributed by atoms with van der Waals surface area (Å²) in [6, 6.07) is 16.6. The van der Waals surface area contributed by atoms with Crippen molar-refractivity contribution in [3.63, 3.8) is 0 Å². The fourth-order valence-electron chi connectivity index (χ4n) is 4.25. The Morgan fingerprint density at radius 3 is 2.58 bits per heavy atom. The highest BCUT2D eigenvalue weighted by Gasteiger charge is 2.35. The molecule has 0 aliphatic heterocycles. The number of aromatic carboxylic acids is 1. The number of anilines is 1. The Balaban J connectivity index is 1.45. The van der Waals surface area contributed by atoms with Gasteiger partial charge in [-0.1, -0.05) is 24.4 Å². The zero-order valence-corrected chi connectivity index (χ0v) is 19.9. The molecule has 2 N–H and O–H groups in total. The molecule has 1 aliphatic carbocycles. The van der Waals surface area contributed by atoms with Crippen molar-refractivity contribution in [3.8, 4) is 16.8 Å². The summed E-state index contributed by atoms with van der Waals surface area (Å²) in [5.41, 5.74) is 3.12. The monoisotopic (exact) mass is 502 g/mol. The van der Waals surface area contributed by atoms with Crippen molar-refractivity contribution in [1.29, 1.82) is 0 Å². The molecule has 36 heavy (non-hydrogen) atoms. The first-order valence-electron chi connectivity index (χ1n) is 11.6. The van der Waals surface area contributed by atoms with Crippen LogP contribution in [0.15, 0.2) is 79.3 Å². The zero-order valence-electron chi connectivity index (χ0n) is 19.2. The minimum Gasteiger partial charge on any atom is -0.618 e. The first-order valence-corrected chi connectivity index (χ1v) is 11.9. The van der Waals surface area contributed by atoms with Crippen molar-refractivity contribution >= 4 is 29.2 Å². The largest absolute Gasteiger partial charge is 0.618 e. The minimum absolute atomic E-state index is 0.131. The predicted molar refractivity (Wildman–Crippen MR) is 135 cm³/mol. The van der Waals surface area contributed by atoms with Crippen molar-refractivity contribution in [2.75, 3.05) is 5.32 Å². The van der Waals surface area contributed by atoms with Gasteiger partial charge in [0, 0.05) is 40.3 Å². The van der Waals surface area contributed by atoms with E-state index in [4.69, 9.17) is 16.7 Å². The summed E-state index contributed by atoms with van der Waals surface area (Å²) >= 11 is 6.26. The van der Waals surface area contributed by atoms with Crippen LogP contribution in [0.3, 0.4) is 0 Å². The molecule has 2 aromatic carbocycles. The highest BCUT2D eigenvalue weighted by molar-refractivity contribution is 6.31. The van der Waals surface area contributed by atoms with Crippen molar-refractivity contribution < 1.29 is 19.4 Å². The summed E-state index contributed by atoms with van der Waals surface area (Å²) in [6.07, 6.45) is 7.57. The number of hydrogen-bond donors (Lipinski definition) is 2. The topological polar surface area (TPSA) is 111 Å². The maximum Gasteiger partial charge on any atom is 0.335 e. The average Bonchev–Trinajstić information content (AvgIpc) is 3.52. The maximum absolute atomic E-state index is 13.2. The number of carboxylic acids is 1. The van der Waals surface area contributed by atoms with E-state index in [0.29, 0.717) is 34.3 Å². The summed E-state index contributed by atoms with van der Waals surface area (Å²) in [4.78, 5) is 24.3. The van der Waals surface area contributed by atoms with Gasteiger partial charge >= 0.3 is 5.97 Å². The second kappa shape index (κ2) is 9.83. The molecule has 1 fully saturated rings. The van der Waals surface area contributed by atoms with Gasteiger partial charge in [0.2, 0.25) is 11.6 Å². The highest BCUT2D eigenvalue weighted by atomic mass is 35.5. The van der Waals surface area contributed by atoms with Crippen LogP contribution in [0.2, 0.25) is 5.02 Å². The van der Waals surface area contributed by atoms with Gasteiger partial charge in [0.1, 0.15) is 5.92 Å². The number of carboxylic acid groups (broad SMARTS) is 1. The molecule has 1 saturated carbocycles. The van der Waals surface area contributed by atoms with Gasteiger partial charge in [-0.3, -0.25) is 4.79 Å². The van der Waals surface area contributed by atoms with Crippen LogP contribution in [0.25, 0.3) is 16.8 Å². The van der Waals surface area contributed by atoms with Gasteiger partial charge in [-0.05, 0) is 66.9 Å². The molecule has 2 aromatic heterocycles. The molecule has 5 rings (SSSR count). The number of hydrogen-bond acceptors (Lipinski definition) is 4. The Bertz CT molecular complexity index is 1420. The molecule has 0 radical (unpaired) electrons. The van der Waals surface area contributed by atoms with Crippen LogP contribution in [0, 0.1) is 11.1 Å². The maximum atomic E-state index is 13.2. The summed E-state index contributed by atoms with van der Waals surface area (Å²) < 4.78 is 2.46. The average molecular weight is 503 g/mol. The van der Waals surface area contributed by atoms with Crippen molar-refractivity contribution in [2.45, 2.75) is 25.2 Å². The zero-order chi connectivity index (χ0) is 25.2. The number of nitrogens with zero attached hydrogens (tertiary/aromatic N) is 3. The summed E-state index contributed by atoms with van der Waals surface area (Å²) in [5, 5.41) is 30.0. The SMILES string of the molecule is O=C(O)c1ccc(NC(=O)C(CC2CC2)c2ccc(-c3cc(Cl)ccc3-n3cccn3)c[n+]2[O-])cc1. The van der Waals surface area contributed by atoms with E-state index in [1.165, 1.54) is 18.3 Å². The van der Waals surface area contributed by atoms with Crippen molar-refractivity contribution in [1.82, 2.24) is 9.78 Å². The number of pyridine rings is 1. The van der Waals surface area contributed by atoms with Gasteiger partial charge in [-0.25, -0.2) is 9.48 Å². The Morgan fingerprint density at radius 2 is 1.94 bits per heavy atom. The van der Waals surface area contributed by atoms with Gasteiger partial charge in [-0.15, -0.1) is 0 Å². The number of halogens is 1. The van der Waals surface area contributed by atoms with E-state index in [-0.39, 0.29) is 11.5 Å². The van der Waals surface area contributed by atoms with Crippen LogP contribution in [-0.4, -0.2) is 26.8 Å². The summed E-state index contributed by atoms with van der Waals surface area (Å²) in [5.74, 6) is -1.59.